The van der Waals surface area contributed by atoms with E-state index >= 15 is 0 Å². The molecular weight excluding hydrogens is 284 g/mol. The van der Waals surface area contributed by atoms with E-state index in [9.17, 15) is 4.79 Å². The molecule has 1 saturated heterocycles. The number of hydrogen-bond donors (Lipinski definition) is 2. The van der Waals surface area contributed by atoms with Gasteiger partial charge in [-0.1, -0.05) is 0 Å². The van der Waals surface area contributed by atoms with Crippen molar-refractivity contribution in [1.82, 2.24) is 10.6 Å². The van der Waals surface area contributed by atoms with Crippen molar-refractivity contribution >= 4 is 17.9 Å². The van der Waals surface area contributed by atoms with Crippen LogP contribution in [0.1, 0.15) is 59.3 Å². The molecule has 1 atom stereocenters. The van der Waals surface area contributed by atoms with Gasteiger partial charge in [0.05, 0.1) is 0 Å². The fourth-order valence-corrected chi connectivity index (χ4v) is 4.23. The Morgan fingerprint density at radius 1 is 1.14 bits per heavy atom. The molecule has 1 saturated carbocycles. The van der Waals surface area contributed by atoms with Crippen molar-refractivity contribution in [3.05, 3.63) is 0 Å². The number of nitrogens with one attached hydrogen (secondary N) is 2. The lowest BCUT2D eigenvalue weighted by Crippen LogP contribution is -2.44. The Morgan fingerprint density at radius 3 is 2.38 bits per heavy atom. The third-order valence-electron chi connectivity index (χ3n) is 4.11. The maximum Gasteiger partial charge on any atom is 0.407 e. The second-order valence-corrected chi connectivity index (χ2v) is 8.65. The van der Waals surface area contributed by atoms with Crippen molar-refractivity contribution in [2.75, 3.05) is 12.3 Å². The van der Waals surface area contributed by atoms with Crippen LogP contribution in [0.3, 0.4) is 0 Å². The van der Waals surface area contributed by atoms with E-state index in [0.29, 0.717) is 6.04 Å². The molecule has 0 spiro atoms. The minimum Gasteiger partial charge on any atom is -0.444 e. The summed E-state index contributed by atoms with van der Waals surface area (Å²) in [6, 6.07) is 0.904. The summed E-state index contributed by atoms with van der Waals surface area (Å²) in [4.78, 5) is 11.8. The molecular formula is C16H30N2O2S. The highest BCUT2D eigenvalue weighted by Crippen LogP contribution is 2.26. The van der Waals surface area contributed by atoms with Crippen molar-refractivity contribution in [1.29, 1.82) is 0 Å². The van der Waals surface area contributed by atoms with Crippen LogP contribution >= 0.6 is 11.8 Å². The number of amides is 1. The fourth-order valence-electron chi connectivity index (χ4n) is 3.02. The first-order valence-corrected chi connectivity index (χ1v) is 9.32. The third kappa shape index (κ3) is 6.47. The van der Waals surface area contributed by atoms with Gasteiger partial charge in [0.15, 0.2) is 0 Å². The topological polar surface area (TPSA) is 50.4 Å². The number of rotatable bonds is 4. The second-order valence-electron chi connectivity index (χ2n) is 7.24. The SMILES string of the molecule is CC(C)(C)OC(=O)NC1CCC(NCC2CCCS2)CC1. The molecule has 122 valence electrons. The van der Waals surface area contributed by atoms with Gasteiger partial charge in [-0.15, -0.1) is 0 Å². The molecule has 4 nitrogen and oxygen atoms in total. The van der Waals surface area contributed by atoms with Gasteiger partial charge >= 0.3 is 6.09 Å². The summed E-state index contributed by atoms with van der Waals surface area (Å²) < 4.78 is 5.31. The molecule has 0 aromatic rings. The molecule has 2 aliphatic rings. The Balaban J connectivity index is 1.60. The molecule has 0 bridgehead atoms. The number of carbonyl (C=O) groups is 1. The zero-order chi connectivity index (χ0) is 15.3. The molecule has 0 aromatic heterocycles. The summed E-state index contributed by atoms with van der Waals surface area (Å²) in [6.45, 7) is 6.84. The van der Waals surface area contributed by atoms with E-state index in [-0.39, 0.29) is 12.1 Å². The van der Waals surface area contributed by atoms with Crippen LogP contribution in [0, 0.1) is 0 Å². The predicted octanol–water partition coefficient (Wildman–Crippen LogP) is 3.31. The lowest BCUT2D eigenvalue weighted by molar-refractivity contribution is 0.0490. The maximum atomic E-state index is 11.8. The first kappa shape index (κ1) is 16.9. The zero-order valence-electron chi connectivity index (χ0n) is 13.6. The fraction of sp³-hybridized carbons (Fsp3) is 0.938. The molecule has 1 aliphatic carbocycles. The quantitative estimate of drug-likeness (QED) is 0.836. The van der Waals surface area contributed by atoms with Crippen molar-refractivity contribution in [2.24, 2.45) is 0 Å². The van der Waals surface area contributed by atoms with E-state index in [1.165, 1.54) is 18.6 Å². The van der Waals surface area contributed by atoms with E-state index in [2.05, 4.69) is 22.4 Å². The van der Waals surface area contributed by atoms with Crippen molar-refractivity contribution in [3.63, 3.8) is 0 Å². The number of hydrogen-bond acceptors (Lipinski definition) is 4. The maximum absolute atomic E-state index is 11.8. The lowest BCUT2D eigenvalue weighted by atomic mass is 9.91. The van der Waals surface area contributed by atoms with Crippen LogP contribution in [0.15, 0.2) is 0 Å². The van der Waals surface area contributed by atoms with E-state index in [1.807, 2.05) is 20.8 Å². The molecule has 1 unspecified atom stereocenters. The molecule has 2 fully saturated rings. The molecule has 1 aliphatic heterocycles. The summed E-state index contributed by atoms with van der Waals surface area (Å²) >= 11 is 2.11. The van der Waals surface area contributed by atoms with Crippen molar-refractivity contribution in [2.45, 2.75) is 82.2 Å². The highest BCUT2D eigenvalue weighted by Gasteiger charge is 2.25. The van der Waals surface area contributed by atoms with Crippen LogP contribution in [0.25, 0.3) is 0 Å². The summed E-state index contributed by atoms with van der Waals surface area (Å²) in [5.74, 6) is 1.33. The molecule has 1 heterocycles. The van der Waals surface area contributed by atoms with Crippen LogP contribution in [0.2, 0.25) is 0 Å². The highest BCUT2D eigenvalue weighted by molar-refractivity contribution is 8.00. The summed E-state index contributed by atoms with van der Waals surface area (Å²) in [6.07, 6.45) is 6.87. The van der Waals surface area contributed by atoms with Crippen LogP contribution in [0.4, 0.5) is 4.79 Å². The monoisotopic (exact) mass is 314 g/mol. The Bertz CT molecular complexity index is 330. The van der Waals surface area contributed by atoms with Gasteiger partial charge in [0.25, 0.3) is 0 Å². The zero-order valence-corrected chi connectivity index (χ0v) is 14.4. The number of alkyl carbamates (subject to hydrolysis) is 1. The van der Waals surface area contributed by atoms with Gasteiger partial charge in [-0.25, -0.2) is 4.79 Å². The minimum atomic E-state index is -0.415. The van der Waals surface area contributed by atoms with Gasteiger partial charge in [-0.3, -0.25) is 0 Å². The lowest BCUT2D eigenvalue weighted by Gasteiger charge is -2.31. The normalized spacial score (nSPS) is 30.1. The largest absolute Gasteiger partial charge is 0.444 e. The molecule has 0 aromatic carbocycles. The standard InChI is InChI=1S/C16H30N2O2S/c1-16(2,3)20-15(19)18-13-8-6-12(7-9-13)17-11-14-5-4-10-21-14/h12-14,17H,4-11H2,1-3H3,(H,18,19). The first-order chi connectivity index (χ1) is 9.92. The third-order valence-corrected chi connectivity index (χ3v) is 5.50. The van der Waals surface area contributed by atoms with E-state index in [4.69, 9.17) is 4.74 Å². The van der Waals surface area contributed by atoms with Gasteiger partial charge in [0, 0.05) is 23.9 Å². The molecule has 2 N–H and O–H groups in total. The Morgan fingerprint density at radius 2 is 1.81 bits per heavy atom. The molecule has 2 rings (SSSR count). The van der Waals surface area contributed by atoms with E-state index in [0.717, 1.165) is 37.5 Å². The molecule has 1 amide bonds. The van der Waals surface area contributed by atoms with Gasteiger partial charge in [-0.2, -0.15) is 11.8 Å². The summed E-state index contributed by atoms with van der Waals surface area (Å²) in [7, 11) is 0. The van der Waals surface area contributed by atoms with Crippen LogP contribution in [-0.4, -0.2) is 41.3 Å². The highest BCUT2D eigenvalue weighted by atomic mass is 32.2. The Kier molecular flexibility index (Phi) is 6.23. The van der Waals surface area contributed by atoms with E-state index < -0.39 is 5.60 Å². The average molecular weight is 314 g/mol. The van der Waals surface area contributed by atoms with Crippen LogP contribution in [0.5, 0.6) is 0 Å². The number of carbonyl (C=O) groups excluding carboxylic acids is 1. The van der Waals surface area contributed by atoms with Gasteiger partial charge in [0.1, 0.15) is 5.60 Å². The van der Waals surface area contributed by atoms with E-state index in [1.54, 1.807) is 0 Å². The van der Waals surface area contributed by atoms with Gasteiger partial charge in [-0.05, 0) is 65.0 Å². The average Bonchev–Trinajstić information content (AvgIpc) is 2.89. The summed E-state index contributed by atoms with van der Waals surface area (Å²) in [5, 5.41) is 7.53. The molecule has 21 heavy (non-hydrogen) atoms. The Labute approximate surface area is 133 Å². The molecule has 0 radical (unpaired) electrons. The number of thioether (sulfide) groups is 1. The first-order valence-electron chi connectivity index (χ1n) is 8.27. The predicted molar refractivity (Wildman–Crippen MR) is 88.9 cm³/mol. The van der Waals surface area contributed by atoms with Crippen LogP contribution < -0.4 is 10.6 Å². The van der Waals surface area contributed by atoms with Crippen molar-refractivity contribution < 1.29 is 9.53 Å². The van der Waals surface area contributed by atoms with Crippen LogP contribution in [-0.2, 0) is 4.74 Å². The minimum absolute atomic E-state index is 0.277. The number of ether oxygens (including phenoxy) is 1. The second kappa shape index (κ2) is 7.73. The van der Waals surface area contributed by atoms with Gasteiger partial charge < -0.3 is 15.4 Å². The van der Waals surface area contributed by atoms with Crippen molar-refractivity contribution in [3.8, 4) is 0 Å². The van der Waals surface area contributed by atoms with Gasteiger partial charge in [0.2, 0.25) is 0 Å². The smallest absolute Gasteiger partial charge is 0.407 e. The molecule has 5 heteroatoms. The summed E-state index contributed by atoms with van der Waals surface area (Å²) in [5.41, 5.74) is -0.415. The Hall–Kier alpha value is -0.420.